The average molecular weight is 387 g/mol. The van der Waals surface area contributed by atoms with E-state index in [2.05, 4.69) is 10.6 Å². The Bertz CT molecular complexity index is 569. The number of amides is 3. The van der Waals surface area contributed by atoms with E-state index in [4.69, 9.17) is 24.7 Å². The lowest BCUT2D eigenvalue weighted by Gasteiger charge is -2.25. The smallest absolute Gasteiger partial charge is 0.407 e. The Morgan fingerprint density at radius 2 is 1.89 bits per heavy atom. The van der Waals surface area contributed by atoms with Crippen LogP contribution in [0.3, 0.4) is 0 Å². The first-order valence-electron chi connectivity index (χ1n) is 9.16. The van der Waals surface area contributed by atoms with Gasteiger partial charge in [-0.1, -0.05) is 13.3 Å². The summed E-state index contributed by atoms with van der Waals surface area (Å²) in [4.78, 5) is 35.1. The summed E-state index contributed by atoms with van der Waals surface area (Å²) in [6, 6.07) is 0. The highest BCUT2D eigenvalue weighted by atomic mass is 16.8. The zero-order valence-corrected chi connectivity index (χ0v) is 16.2. The summed E-state index contributed by atoms with van der Waals surface area (Å²) in [5.74, 6) is -3.20. The zero-order chi connectivity index (χ0) is 20.2. The summed E-state index contributed by atoms with van der Waals surface area (Å²) in [5.41, 5.74) is 5.16. The molecule has 2 fully saturated rings. The molecular weight excluding hydrogens is 358 g/mol. The predicted octanol–water partition coefficient (Wildman–Crippen LogP) is -0.00470. The van der Waals surface area contributed by atoms with E-state index in [0.29, 0.717) is 6.54 Å². The van der Waals surface area contributed by atoms with Crippen molar-refractivity contribution in [2.24, 2.45) is 11.7 Å². The zero-order valence-electron chi connectivity index (χ0n) is 16.2. The van der Waals surface area contributed by atoms with Crippen LogP contribution in [0.5, 0.6) is 0 Å². The summed E-state index contributed by atoms with van der Waals surface area (Å²) in [5, 5.41) is 5.25. The van der Waals surface area contributed by atoms with Crippen molar-refractivity contribution in [2.75, 3.05) is 13.2 Å². The van der Waals surface area contributed by atoms with Crippen molar-refractivity contribution < 1.29 is 33.3 Å². The maximum Gasteiger partial charge on any atom is 0.407 e. The Morgan fingerprint density at radius 3 is 2.52 bits per heavy atom. The summed E-state index contributed by atoms with van der Waals surface area (Å²) in [6.45, 7) is 7.38. The fraction of sp³-hybridized carbons (Fsp3) is 0.824. The maximum absolute atomic E-state index is 12.1. The summed E-state index contributed by atoms with van der Waals surface area (Å²) in [7, 11) is 0. The number of carbonyl (C=O) groups is 3. The minimum absolute atomic E-state index is 0.0592. The molecule has 154 valence electrons. The molecule has 0 aliphatic carbocycles. The van der Waals surface area contributed by atoms with Crippen molar-refractivity contribution in [1.82, 2.24) is 10.6 Å². The van der Waals surface area contributed by atoms with Gasteiger partial charge in [0, 0.05) is 6.54 Å². The van der Waals surface area contributed by atoms with E-state index in [1.54, 1.807) is 13.8 Å². The highest BCUT2D eigenvalue weighted by molar-refractivity contribution is 5.99. The third kappa shape index (κ3) is 5.53. The fourth-order valence-corrected chi connectivity index (χ4v) is 2.90. The van der Waals surface area contributed by atoms with E-state index in [1.807, 2.05) is 6.92 Å². The molecule has 0 bridgehead atoms. The molecule has 0 aromatic carbocycles. The molecule has 0 saturated carbocycles. The highest BCUT2D eigenvalue weighted by Gasteiger charge is 2.56. The molecule has 2 rings (SSSR count). The molecule has 1 unspecified atom stereocenters. The van der Waals surface area contributed by atoms with Crippen molar-refractivity contribution in [1.29, 1.82) is 0 Å². The first kappa shape index (κ1) is 21.4. The van der Waals surface area contributed by atoms with Gasteiger partial charge in [-0.25, -0.2) is 4.79 Å². The van der Waals surface area contributed by atoms with Crippen molar-refractivity contribution in [3.8, 4) is 0 Å². The Morgan fingerprint density at radius 1 is 1.22 bits per heavy atom. The number of hydrogen-bond acceptors (Lipinski definition) is 7. The monoisotopic (exact) mass is 387 g/mol. The van der Waals surface area contributed by atoms with Gasteiger partial charge in [-0.15, -0.1) is 0 Å². The van der Waals surface area contributed by atoms with E-state index in [9.17, 15) is 14.4 Å². The van der Waals surface area contributed by atoms with Crippen LogP contribution in [-0.2, 0) is 28.5 Å². The molecule has 2 aliphatic heterocycles. The Balaban J connectivity index is 1.95. The third-order valence-electron chi connectivity index (χ3n) is 4.43. The van der Waals surface area contributed by atoms with Crippen LogP contribution < -0.4 is 16.4 Å². The van der Waals surface area contributed by atoms with Crippen molar-refractivity contribution in [2.45, 2.75) is 70.9 Å². The molecule has 10 nitrogen and oxygen atoms in total. The molecule has 0 spiro atoms. The van der Waals surface area contributed by atoms with Crippen molar-refractivity contribution in [3.63, 3.8) is 0 Å². The number of unbranched alkanes of at least 4 members (excludes halogenated alkanes) is 1. The molecule has 2 aliphatic rings. The molecular formula is C17H29N3O7. The summed E-state index contributed by atoms with van der Waals surface area (Å²) >= 11 is 0. The molecule has 27 heavy (non-hydrogen) atoms. The molecule has 0 radical (unpaired) electrons. The van der Waals surface area contributed by atoms with Gasteiger partial charge in [-0.05, 0) is 27.2 Å². The van der Waals surface area contributed by atoms with Crippen LogP contribution in [-0.4, -0.2) is 61.4 Å². The van der Waals surface area contributed by atoms with Crippen LogP contribution in [0.1, 0.15) is 40.5 Å². The topological polar surface area (TPSA) is 138 Å². The molecule has 3 amide bonds. The van der Waals surface area contributed by atoms with E-state index < -0.39 is 54.2 Å². The number of nitrogens with one attached hydrogen (secondary N) is 2. The number of primary amides is 1. The van der Waals surface area contributed by atoms with Gasteiger partial charge in [0.25, 0.3) is 0 Å². The quantitative estimate of drug-likeness (QED) is 0.393. The lowest BCUT2D eigenvalue weighted by molar-refractivity contribution is -0.194. The van der Waals surface area contributed by atoms with Gasteiger partial charge < -0.3 is 35.3 Å². The Kier molecular flexibility index (Phi) is 7.01. The van der Waals surface area contributed by atoms with Gasteiger partial charge in [0.2, 0.25) is 11.8 Å². The number of fused-ring (bicyclic) bond motifs is 1. The molecule has 2 saturated heterocycles. The number of rotatable bonds is 8. The second-order valence-corrected chi connectivity index (χ2v) is 7.17. The van der Waals surface area contributed by atoms with Gasteiger partial charge in [0.1, 0.15) is 30.8 Å². The predicted molar refractivity (Wildman–Crippen MR) is 93.2 cm³/mol. The number of hydrogen-bond donors (Lipinski definition) is 3. The summed E-state index contributed by atoms with van der Waals surface area (Å²) < 4.78 is 22.6. The average Bonchev–Trinajstić information content (AvgIpc) is 3.06. The minimum atomic E-state index is -1.01. The number of nitrogens with two attached hydrogens (primary N) is 1. The lowest BCUT2D eigenvalue weighted by Crippen LogP contribution is -2.47. The number of alkyl carbamates (subject to hydrolysis) is 1. The van der Waals surface area contributed by atoms with Gasteiger partial charge in [0.15, 0.2) is 12.0 Å². The van der Waals surface area contributed by atoms with Crippen LogP contribution in [0.2, 0.25) is 0 Å². The first-order valence-corrected chi connectivity index (χ1v) is 9.16. The Hall–Kier alpha value is -1.91. The van der Waals surface area contributed by atoms with Crippen molar-refractivity contribution in [3.05, 3.63) is 0 Å². The molecule has 4 N–H and O–H groups in total. The number of ether oxygens (including phenoxy) is 4. The first-order chi connectivity index (χ1) is 12.6. The fourth-order valence-electron chi connectivity index (χ4n) is 2.90. The van der Waals surface area contributed by atoms with Crippen LogP contribution >= 0.6 is 0 Å². The third-order valence-corrected chi connectivity index (χ3v) is 4.43. The van der Waals surface area contributed by atoms with Gasteiger partial charge in [-0.3, -0.25) is 9.59 Å². The SMILES string of the molecule is CCCCNC(=O)OC[C@H]1O[C@@H](NC(=O)C(C)C(N)=O)[C@@H]2OC(C)(C)O[C@@H]21. The van der Waals surface area contributed by atoms with E-state index >= 15 is 0 Å². The largest absolute Gasteiger partial charge is 0.447 e. The minimum Gasteiger partial charge on any atom is -0.447 e. The molecule has 5 atom stereocenters. The Labute approximate surface area is 158 Å². The second-order valence-electron chi connectivity index (χ2n) is 7.17. The van der Waals surface area contributed by atoms with E-state index in [-0.39, 0.29) is 6.61 Å². The molecule has 2 heterocycles. The van der Waals surface area contributed by atoms with Crippen molar-refractivity contribution >= 4 is 17.9 Å². The van der Waals surface area contributed by atoms with Gasteiger partial charge in [0.05, 0.1) is 0 Å². The van der Waals surface area contributed by atoms with Gasteiger partial charge in [-0.2, -0.15) is 0 Å². The second kappa shape index (κ2) is 8.85. The van der Waals surface area contributed by atoms with Crippen LogP contribution in [0.4, 0.5) is 4.79 Å². The molecule has 10 heteroatoms. The van der Waals surface area contributed by atoms with Gasteiger partial charge >= 0.3 is 6.09 Å². The van der Waals surface area contributed by atoms with Crippen LogP contribution in [0, 0.1) is 5.92 Å². The van der Waals surface area contributed by atoms with E-state index in [0.717, 1.165) is 12.8 Å². The molecule has 0 aromatic heterocycles. The van der Waals surface area contributed by atoms with Crippen LogP contribution in [0.25, 0.3) is 0 Å². The highest BCUT2D eigenvalue weighted by Crippen LogP contribution is 2.38. The lowest BCUT2D eigenvalue weighted by atomic mass is 10.1. The number of carbonyl (C=O) groups excluding carboxylic acids is 3. The maximum atomic E-state index is 12.1. The normalized spacial score (nSPS) is 29.6. The standard InChI is InChI=1S/C17H29N3O7/c1-5-6-7-19-16(23)24-8-10-11-12(27-17(3,4)26-11)15(25-10)20-14(22)9(2)13(18)21/h9-12,15H,5-8H2,1-4H3,(H2,18,21)(H,19,23)(H,20,22)/t9?,10-,11-,12-,15-/m1/s1. The van der Waals surface area contributed by atoms with E-state index in [1.165, 1.54) is 6.92 Å². The summed E-state index contributed by atoms with van der Waals surface area (Å²) in [6.07, 6.45) is -1.32. The van der Waals surface area contributed by atoms with Crippen LogP contribution in [0.15, 0.2) is 0 Å². The molecule has 0 aromatic rings.